The van der Waals surface area contributed by atoms with Gasteiger partial charge >= 0.3 is 0 Å². The maximum absolute atomic E-state index is 6.38. The lowest BCUT2D eigenvalue weighted by Gasteiger charge is -2.23. The van der Waals surface area contributed by atoms with Crippen LogP contribution in [0.1, 0.15) is 61.5 Å². The quantitative estimate of drug-likeness (QED) is 0.717. The first-order valence-corrected chi connectivity index (χ1v) is 7.74. The van der Waals surface area contributed by atoms with Gasteiger partial charge in [0.1, 0.15) is 11.0 Å². The first kappa shape index (κ1) is 11.2. The highest BCUT2D eigenvalue weighted by Crippen LogP contribution is 2.52. The second-order valence-corrected chi connectivity index (χ2v) is 6.64. The number of rotatable bonds is 1. The van der Waals surface area contributed by atoms with E-state index in [0.717, 1.165) is 35.7 Å². The Labute approximate surface area is 113 Å². The lowest BCUT2D eigenvalue weighted by Crippen LogP contribution is -2.16. The molecule has 1 aromatic rings. The molecular formula is C15H19ClN2. The predicted molar refractivity (Wildman–Crippen MR) is 71.9 cm³/mol. The third kappa shape index (κ3) is 1.69. The van der Waals surface area contributed by atoms with Gasteiger partial charge in [-0.2, -0.15) is 0 Å². The van der Waals surface area contributed by atoms with Crippen LogP contribution in [0.5, 0.6) is 0 Å². The molecule has 3 unspecified atom stereocenters. The third-order valence-electron chi connectivity index (χ3n) is 5.22. The average molecular weight is 263 g/mol. The average Bonchev–Trinajstić information content (AvgIpc) is 3.01. The summed E-state index contributed by atoms with van der Waals surface area (Å²) in [6, 6.07) is 0. The molecule has 3 aliphatic rings. The van der Waals surface area contributed by atoms with Gasteiger partial charge in [-0.1, -0.05) is 18.0 Å². The molecule has 0 N–H and O–H groups in total. The van der Waals surface area contributed by atoms with Crippen LogP contribution in [0.25, 0.3) is 0 Å². The van der Waals surface area contributed by atoms with Crippen LogP contribution in [0.4, 0.5) is 0 Å². The van der Waals surface area contributed by atoms with Crippen molar-refractivity contribution in [3.63, 3.8) is 0 Å². The summed E-state index contributed by atoms with van der Waals surface area (Å²) in [5.41, 5.74) is 2.48. The van der Waals surface area contributed by atoms with Gasteiger partial charge in [0.25, 0.3) is 0 Å². The normalized spacial score (nSPS) is 33.7. The number of aryl methyl sites for hydroxylation is 1. The number of hydrogen-bond acceptors (Lipinski definition) is 2. The Balaban J connectivity index is 1.71. The topological polar surface area (TPSA) is 25.8 Å². The Morgan fingerprint density at radius 1 is 1.00 bits per heavy atom. The van der Waals surface area contributed by atoms with Crippen LogP contribution in [0.2, 0.25) is 5.15 Å². The van der Waals surface area contributed by atoms with Crippen molar-refractivity contribution in [1.82, 2.24) is 9.97 Å². The summed E-state index contributed by atoms with van der Waals surface area (Å²) in [7, 11) is 0. The van der Waals surface area contributed by atoms with E-state index in [9.17, 15) is 0 Å². The van der Waals surface area contributed by atoms with Gasteiger partial charge in [0.15, 0.2) is 0 Å². The smallest absolute Gasteiger partial charge is 0.136 e. The zero-order valence-corrected chi connectivity index (χ0v) is 11.4. The van der Waals surface area contributed by atoms with Crippen molar-refractivity contribution < 1.29 is 0 Å². The van der Waals surface area contributed by atoms with Gasteiger partial charge < -0.3 is 0 Å². The molecule has 1 aromatic heterocycles. The summed E-state index contributed by atoms with van der Waals surface area (Å²) >= 11 is 6.38. The lowest BCUT2D eigenvalue weighted by molar-refractivity contribution is 0.403. The van der Waals surface area contributed by atoms with Crippen LogP contribution >= 0.6 is 11.6 Å². The van der Waals surface area contributed by atoms with E-state index < -0.39 is 0 Å². The Kier molecular flexibility index (Phi) is 2.61. The molecule has 2 nitrogen and oxygen atoms in total. The molecule has 0 aromatic carbocycles. The van der Waals surface area contributed by atoms with Crippen LogP contribution in [0.15, 0.2) is 0 Å². The summed E-state index contributed by atoms with van der Waals surface area (Å²) in [6.45, 7) is 0. The van der Waals surface area contributed by atoms with E-state index in [1.807, 2.05) is 0 Å². The van der Waals surface area contributed by atoms with Gasteiger partial charge in [-0.3, -0.25) is 0 Å². The Morgan fingerprint density at radius 3 is 2.67 bits per heavy atom. The van der Waals surface area contributed by atoms with Crippen molar-refractivity contribution in [3.05, 3.63) is 22.2 Å². The highest BCUT2D eigenvalue weighted by molar-refractivity contribution is 6.30. The van der Waals surface area contributed by atoms with Gasteiger partial charge in [0, 0.05) is 17.2 Å². The van der Waals surface area contributed by atoms with E-state index in [4.69, 9.17) is 16.6 Å². The van der Waals surface area contributed by atoms with Crippen LogP contribution in [-0.2, 0) is 12.8 Å². The molecule has 0 spiro atoms. The third-order valence-corrected chi connectivity index (χ3v) is 5.53. The minimum Gasteiger partial charge on any atom is -0.237 e. The largest absolute Gasteiger partial charge is 0.237 e. The molecule has 18 heavy (non-hydrogen) atoms. The first-order valence-electron chi connectivity index (χ1n) is 7.36. The summed E-state index contributed by atoms with van der Waals surface area (Å²) < 4.78 is 0. The zero-order valence-electron chi connectivity index (χ0n) is 10.7. The fourth-order valence-corrected chi connectivity index (χ4v) is 4.58. The number of aromatic nitrogens is 2. The van der Waals surface area contributed by atoms with E-state index in [1.54, 1.807) is 0 Å². The van der Waals surface area contributed by atoms with Crippen molar-refractivity contribution in [2.24, 2.45) is 11.8 Å². The molecule has 0 amide bonds. The molecule has 3 atom stereocenters. The number of fused-ring (bicyclic) bond motifs is 3. The van der Waals surface area contributed by atoms with E-state index in [2.05, 4.69) is 4.98 Å². The Bertz CT molecular complexity index is 486. The van der Waals surface area contributed by atoms with Crippen LogP contribution in [0, 0.1) is 11.8 Å². The minimum absolute atomic E-state index is 0.605. The summed E-state index contributed by atoms with van der Waals surface area (Å²) in [6.07, 6.45) is 10.2. The monoisotopic (exact) mass is 262 g/mol. The predicted octanol–water partition coefficient (Wildman–Crippen LogP) is 3.91. The number of nitrogens with zero attached hydrogens (tertiary/aromatic N) is 2. The molecule has 2 bridgehead atoms. The number of halogens is 1. The van der Waals surface area contributed by atoms with E-state index >= 15 is 0 Å². The van der Waals surface area contributed by atoms with E-state index in [-0.39, 0.29) is 0 Å². The van der Waals surface area contributed by atoms with Gasteiger partial charge in [-0.25, -0.2) is 9.97 Å². The maximum atomic E-state index is 6.38. The van der Waals surface area contributed by atoms with Crippen LogP contribution in [-0.4, -0.2) is 9.97 Å². The fraction of sp³-hybridized carbons (Fsp3) is 0.733. The van der Waals surface area contributed by atoms with Crippen molar-refractivity contribution in [3.8, 4) is 0 Å². The van der Waals surface area contributed by atoms with Crippen molar-refractivity contribution in [2.45, 2.75) is 57.3 Å². The molecule has 3 heteroatoms. The van der Waals surface area contributed by atoms with Gasteiger partial charge in [0.05, 0.1) is 0 Å². The Hall–Kier alpha value is -0.630. The molecule has 0 radical (unpaired) electrons. The maximum Gasteiger partial charge on any atom is 0.136 e. The molecule has 1 heterocycles. The van der Waals surface area contributed by atoms with E-state index in [0.29, 0.717) is 5.92 Å². The lowest BCUT2D eigenvalue weighted by atomic mass is 9.87. The summed E-state index contributed by atoms with van der Waals surface area (Å²) in [5, 5.41) is 0.748. The van der Waals surface area contributed by atoms with Gasteiger partial charge in [-0.15, -0.1) is 0 Å². The minimum atomic E-state index is 0.605. The molecule has 4 rings (SSSR count). The fourth-order valence-electron chi connectivity index (χ4n) is 4.29. The van der Waals surface area contributed by atoms with Crippen molar-refractivity contribution in [2.75, 3.05) is 0 Å². The highest BCUT2D eigenvalue weighted by atomic mass is 35.5. The highest BCUT2D eigenvalue weighted by Gasteiger charge is 2.42. The van der Waals surface area contributed by atoms with E-state index in [1.165, 1.54) is 49.8 Å². The number of hydrogen-bond donors (Lipinski definition) is 0. The molecule has 0 aliphatic heterocycles. The summed E-state index contributed by atoms with van der Waals surface area (Å²) in [5.74, 6) is 3.45. The van der Waals surface area contributed by atoms with Gasteiger partial charge in [-0.05, 0) is 56.8 Å². The summed E-state index contributed by atoms with van der Waals surface area (Å²) in [4.78, 5) is 9.52. The standard InChI is InChI=1S/C15H19ClN2/c16-14-11-3-1-2-4-13(11)17-15(18-14)12-8-9-5-6-10(12)7-9/h9-10,12H,1-8H2. The molecular weight excluding hydrogens is 244 g/mol. The van der Waals surface area contributed by atoms with Crippen LogP contribution in [0.3, 0.4) is 0 Å². The van der Waals surface area contributed by atoms with Crippen molar-refractivity contribution in [1.29, 1.82) is 0 Å². The molecule has 0 saturated heterocycles. The first-order chi connectivity index (χ1) is 8.81. The molecule has 3 aliphatic carbocycles. The van der Waals surface area contributed by atoms with Gasteiger partial charge in [0.2, 0.25) is 0 Å². The second kappa shape index (κ2) is 4.19. The van der Waals surface area contributed by atoms with Crippen LogP contribution < -0.4 is 0 Å². The molecule has 96 valence electrons. The molecule has 2 fully saturated rings. The second-order valence-electron chi connectivity index (χ2n) is 6.29. The van der Waals surface area contributed by atoms with Crippen molar-refractivity contribution >= 4 is 11.6 Å². The SMILES string of the molecule is Clc1nc(C2CC3CCC2C3)nc2c1CCCC2. The Morgan fingerprint density at radius 2 is 1.89 bits per heavy atom. The zero-order chi connectivity index (χ0) is 12.1. The molecule has 2 saturated carbocycles.